The lowest BCUT2D eigenvalue weighted by atomic mass is 9.99. The highest BCUT2D eigenvalue weighted by molar-refractivity contribution is 7.99. The fourth-order valence-electron chi connectivity index (χ4n) is 2.90. The molecule has 1 aliphatic carbocycles. The Labute approximate surface area is 157 Å². The molecule has 5 nitrogen and oxygen atoms in total. The second-order valence-corrected chi connectivity index (χ2v) is 7.67. The van der Waals surface area contributed by atoms with Gasteiger partial charge in [0.2, 0.25) is 0 Å². The monoisotopic (exact) mass is 389 g/mol. The maximum Gasteiger partial charge on any atom is 0.418 e. The van der Waals surface area contributed by atoms with Crippen molar-refractivity contribution in [3.05, 3.63) is 41.9 Å². The number of thioether (sulfide) groups is 1. The molecule has 0 N–H and O–H groups in total. The Morgan fingerprint density at radius 2 is 2.07 bits per heavy atom. The normalized spacial score (nSPS) is 15.7. The lowest BCUT2D eigenvalue weighted by molar-refractivity contribution is -0.137. The maximum absolute atomic E-state index is 12.9. The van der Waals surface area contributed by atoms with Gasteiger partial charge in [-0.05, 0) is 36.3 Å². The van der Waals surface area contributed by atoms with Crippen LogP contribution < -0.4 is 0 Å². The van der Waals surface area contributed by atoms with Crippen molar-refractivity contribution in [2.45, 2.75) is 36.3 Å². The number of nitriles is 1. The van der Waals surface area contributed by atoms with E-state index in [1.54, 1.807) is 24.2 Å². The number of nitrogens with zero attached hydrogens (tertiary/aromatic N) is 5. The molecule has 0 unspecified atom stereocenters. The van der Waals surface area contributed by atoms with Crippen molar-refractivity contribution in [2.24, 2.45) is 0 Å². The summed E-state index contributed by atoms with van der Waals surface area (Å²) in [5, 5.41) is 13.2. The molecule has 3 aromatic rings. The first-order chi connectivity index (χ1) is 12.9. The van der Waals surface area contributed by atoms with Crippen molar-refractivity contribution < 1.29 is 13.2 Å². The predicted octanol–water partition coefficient (Wildman–Crippen LogP) is 4.48. The van der Waals surface area contributed by atoms with Gasteiger partial charge in [-0.15, -0.1) is 11.8 Å². The van der Waals surface area contributed by atoms with E-state index in [0.29, 0.717) is 11.4 Å². The van der Waals surface area contributed by atoms with Crippen molar-refractivity contribution in [1.82, 2.24) is 19.6 Å². The van der Waals surface area contributed by atoms with Gasteiger partial charge < -0.3 is 0 Å². The molecule has 0 amide bonds. The van der Waals surface area contributed by atoms with Crippen LogP contribution in [0, 0.1) is 11.3 Å². The quantitative estimate of drug-likeness (QED) is 0.616. The molecule has 0 aliphatic heterocycles. The molecule has 27 heavy (non-hydrogen) atoms. The van der Waals surface area contributed by atoms with Crippen LogP contribution in [0.3, 0.4) is 0 Å². The molecule has 0 saturated heterocycles. The van der Waals surface area contributed by atoms with Gasteiger partial charge in [-0.2, -0.15) is 23.5 Å². The molecule has 0 spiro atoms. The number of imidazole rings is 1. The standard InChI is InChI=1S/C18H14F3N5S/c1-2-27-14-5-11(17(10-22)3-4-17)7-23-16(14)13-9-26-15(25-13)6-12(8-24-26)18(19,20)21/h5-9H,2-4H2,1H3. The average Bonchev–Trinajstić information content (AvgIpc) is 3.32. The van der Waals surface area contributed by atoms with Crippen LogP contribution in [0.1, 0.15) is 30.9 Å². The van der Waals surface area contributed by atoms with Gasteiger partial charge in [0.25, 0.3) is 0 Å². The van der Waals surface area contributed by atoms with E-state index in [2.05, 4.69) is 21.1 Å². The van der Waals surface area contributed by atoms with Gasteiger partial charge >= 0.3 is 6.18 Å². The number of hydrogen-bond donors (Lipinski definition) is 0. The summed E-state index contributed by atoms with van der Waals surface area (Å²) in [5.41, 5.74) is 0.726. The molecule has 138 valence electrons. The summed E-state index contributed by atoms with van der Waals surface area (Å²) in [7, 11) is 0. The third-order valence-electron chi connectivity index (χ3n) is 4.56. The largest absolute Gasteiger partial charge is 0.418 e. The van der Waals surface area contributed by atoms with E-state index in [1.807, 2.05) is 13.0 Å². The molecule has 1 saturated carbocycles. The summed E-state index contributed by atoms with van der Waals surface area (Å²) < 4.78 is 40.0. The first-order valence-electron chi connectivity index (χ1n) is 8.34. The fourth-order valence-corrected chi connectivity index (χ4v) is 3.72. The van der Waals surface area contributed by atoms with Crippen molar-refractivity contribution in [2.75, 3.05) is 5.75 Å². The topological polar surface area (TPSA) is 66.9 Å². The summed E-state index contributed by atoms with van der Waals surface area (Å²) in [6.45, 7) is 2.00. The Balaban J connectivity index is 1.79. The molecule has 0 atom stereocenters. The zero-order chi connectivity index (χ0) is 19.2. The van der Waals surface area contributed by atoms with Crippen LogP contribution in [0.5, 0.6) is 0 Å². The van der Waals surface area contributed by atoms with Crippen LogP contribution >= 0.6 is 11.8 Å². The smallest absolute Gasteiger partial charge is 0.253 e. The number of rotatable bonds is 4. The molecule has 0 aromatic carbocycles. The van der Waals surface area contributed by atoms with Gasteiger partial charge in [0, 0.05) is 11.1 Å². The van der Waals surface area contributed by atoms with E-state index in [9.17, 15) is 18.4 Å². The Kier molecular flexibility index (Phi) is 4.11. The average molecular weight is 389 g/mol. The van der Waals surface area contributed by atoms with E-state index in [0.717, 1.165) is 41.3 Å². The second kappa shape index (κ2) is 6.23. The molecule has 1 fully saturated rings. The third kappa shape index (κ3) is 3.14. The number of pyridine rings is 1. The van der Waals surface area contributed by atoms with Crippen LogP contribution in [0.2, 0.25) is 0 Å². The molecule has 1 aliphatic rings. The molecule has 0 radical (unpaired) electrons. The van der Waals surface area contributed by atoms with Crippen molar-refractivity contribution in [3.8, 4) is 17.5 Å². The van der Waals surface area contributed by atoms with E-state index >= 15 is 0 Å². The first kappa shape index (κ1) is 17.8. The van der Waals surface area contributed by atoms with Gasteiger partial charge in [-0.3, -0.25) is 4.98 Å². The van der Waals surface area contributed by atoms with Gasteiger partial charge in [-0.1, -0.05) is 6.92 Å². The van der Waals surface area contributed by atoms with Crippen LogP contribution in [-0.4, -0.2) is 25.3 Å². The molecule has 4 rings (SSSR count). The van der Waals surface area contributed by atoms with Gasteiger partial charge in [0.1, 0.15) is 11.4 Å². The highest BCUT2D eigenvalue weighted by Crippen LogP contribution is 2.48. The molecular formula is C18H14F3N5S. The van der Waals surface area contributed by atoms with Crippen molar-refractivity contribution >= 4 is 17.4 Å². The van der Waals surface area contributed by atoms with Gasteiger partial charge in [0.15, 0.2) is 5.65 Å². The van der Waals surface area contributed by atoms with Crippen LogP contribution in [0.15, 0.2) is 35.6 Å². The Morgan fingerprint density at radius 3 is 2.70 bits per heavy atom. The minimum Gasteiger partial charge on any atom is -0.253 e. The zero-order valence-electron chi connectivity index (χ0n) is 14.3. The van der Waals surface area contributed by atoms with Crippen molar-refractivity contribution in [1.29, 1.82) is 5.26 Å². The van der Waals surface area contributed by atoms with E-state index in [4.69, 9.17) is 0 Å². The van der Waals surface area contributed by atoms with E-state index < -0.39 is 17.2 Å². The number of hydrogen-bond acceptors (Lipinski definition) is 5. The summed E-state index contributed by atoms with van der Waals surface area (Å²) in [6.07, 6.45) is 1.18. The Morgan fingerprint density at radius 1 is 1.30 bits per heavy atom. The van der Waals surface area contributed by atoms with Crippen LogP contribution in [0.4, 0.5) is 13.2 Å². The molecular weight excluding hydrogens is 375 g/mol. The minimum atomic E-state index is -4.47. The first-order valence-corrected chi connectivity index (χ1v) is 9.32. The summed E-state index contributed by atoms with van der Waals surface area (Å²) in [4.78, 5) is 9.64. The van der Waals surface area contributed by atoms with Crippen LogP contribution in [0.25, 0.3) is 17.0 Å². The third-order valence-corrected chi connectivity index (χ3v) is 5.47. The highest BCUT2D eigenvalue weighted by Gasteiger charge is 2.45. The molecule has 3 heterocycles. The SMILES string of the molecule is CCSc1cc(C2(C#N)CC2)cnc1-c1cn2ncc(C(F)(F)F)cc2n1. The zero-order valence-corrected chi connectivity index (χ0v) is 15.1. The number of aromatic nitrogens is 4. The second-order valence-electron chi connectivity index (χ2n) is 6.37. The van der Waals surface area contributed by atoms with Gasteiger partial charge in [-0.25, -0.2) is 9.50 Å². The lowest BCUT2D eigenvalue weighted by Gasteiger charge is -2.11. The minimum absolute atomic E-state index is 0.105. The molecule has 0 bridgehead atoms. The molecule has 9 heteroatoms. The molecule has 3 aromatic heterocycles. The van der Waals surface area contributed by atoms with E-state index in [1.165, 1.54) is 4.52 Å². The lowest BCUT2D eigenvalue weighted by Crippen LogP contribution is -2.06. The maximum atomic E-state index is 12.9. The number of halogens is 3. The van der Waals surface area contributed by atoms with Crippen LogP contribution in [-0.2, 0) is 11.6 Å². The van der Waals surface area contributed by atoms with Gasteiger partial charge in [0.05, 0.1) is 29.4 Å². The predicted molar refractivity (Wildman–Crippen MR) is 94.1 cm³/mol. The Bertz CT molecular complexity index is 1060. The number of alkyl halides is 3. The fraction of sp³-hybridized carbons (Fsp3) is 0.333. The number of fused-ring (bicyclic) bond motifs is 1. The summed E-state index contributed by atoms with van der Waals surface area (Å²) in [6, 6.07) is 5.27. The van der Waals surface area contributed by atoms with E-state index in [-0.39, 0.29) is 5.65 Å². The summed E-state index contributed by atoms with van der Waals surface area (Å²) in [5.74, 6) is 0.793. The highest BCUT2D eigenvalue weighted by atomic mass is 32.2. The summed E-state index contributed by atoms with van der Waals surface area (Å²) >= 11 is 1.56. The Hall–Kier alpha value is -2.60. The van der Waals surface area contributed by atoms with Crippen molar-refractivity contribution in [3.63, 3.8) is 0 Å².